The number of rotatable bonds is 10. The van der Waals surface area contributed by atoms with Crippen molar-refractivity contribution in [3.05, 3.63) is 62.8 Å². The quantitative estimate of drug-likeness (QED) is 0.316. The predicted octanol–water partition coefficient (Wildman–Crippen LogP) is 5.74. The van der Waals surface area contributed by atoms with E-state index < -0.39 is 0 Å². The molecule has 0 aliphatic carbocycles. The average molecular weight is 568 g/mol. The maximum absolute atomic E-state index is 12.4. The minimum absolute atomic E-state index is 0.0875. The zero-order chi connectivity index (χ0) is 22.2. The van der Waals surface area contributed by atoms with E-state index >= 15 is 0 Å². The van der Waals surface area contributed by atoms with Crippen molar-refractivity contribution in [2.24, 2.45) is 0 Å². The largest absolute Gasteiger partial charge is 0.497 e. The fourth-order valence-corrected chi connectivity index (χ4v) is 4.61. The summed E-state index contributed by atoms with van der Waals surface area (Å²) in [6.07, 6.45) is 2.78. The molecule has 0 saturated carbocycles. The van der Waals surface area contributed by atoms with Crippen molar-refractivity contribution < 1.29 is 9.53 Å². The number of methoxy groups -OCH3 is 1. The summed E-state index contributed by atoms with van der Waals surface area (Å²) < 4.78 is 9.03. The molecule has 0 aliphatic heterocycles. The highest BCUT2D eigenvalue weighted by Crippen LogP contribution is 2.27. The maximum Gasteiger partial charge on any atom is 0.234 e. The molecule has 9 heteroatoms. The number of aryl methyl sites for hydroxylation is 2. The normalized spacial score (nSPS) is 10.8. The van der Waals surface area contributed by atoms with E-state index in [9.17, 15) is 4.79 Å². The molecular weight excluding hydrogens is 544 g/mol. The monoisotopic (exact) mass is 566 g/mol. The molecule has 0 fully saturated rings. The summed E-state index contributed by atoms with van der Waals surface area (Å²) in [5.41, 5.74) is 2.00. The first-order valence-electron chi connectivity index (χ1n) is 9.93. The SMILES string of the molecule is CCn1c(CCCc2ccc(OC)cc2)nnc1SCC(=O)Nc1cc(Br)ccc1Br. The third kappa shape index (κ3) is 6.82. The van der Waals surface area contributed by atoms with E-state index in [0.717, 1.165) is 57.2 Å². The van der Waals surface area contributed by atoms with Crippen molar-refractivity contribution in [2.45, 2.75) is 37.9 Å². The van der Waals surface area contributed by atoms with Gasteiger partial charge in [-0.05, 0) is 71.6 Å². The highest BCUT2D eigenvalue weighted by atomic mass is 79.9. The van der Waals surface area contributed by atoms with Crippen molar-refractivity contribution in [3.8, 4) is 5.75 Å². The second-order valence-electron chi connectivity index (χ2n) is 6.81. The Bertz CT molecular complexity index is 1020. The lowest BCUT2D eigenvalue weighted by Crippen LogP contribution is -2.15. The van der Waals surface area contributed by atoms with Gasteiger partial charge in [0.2, 0.25) is 5.91 Å². The van der Waals surface area contributed by atoms with Gasteiger partial charge in [-0.15, -0.1) is 10.2 Å². The fourth-order valence-electron chi connectivity index (χ4n) is 3.08. The number of halogens is 2. The number of nitrogens with zero attached hydrogens (tertiary/aromatic N) is 3. The molecule has 6 nitrogen and oxygen atoms in total. The summed E-state index contributed by atoms with van der Waals surface area (Å²) in [4.78, 5) is 12.4. The van der Waals surface area contributed by atoms with Gasteiger partial charge < -0.3 is 14.6 Å². The Morgan fingerprint density at radius 2 is 1.90 bits per heavy atom. The van der Waals surface area contributed by atoms with E-state index in [0.29, 0.717) is 0 Å². The summed E-state index contributed by atoms with van der Waals surface area (Å²) in [5, 5.41) is 12.4. The molecule has 0 atom stereocenters. The molecule has 1 aromatic heterocycles. The summed E-state index contributed by atoms with van der Waals surface area (Å²) in [5.74, 6) is 2.00. The van der Waals surface area contributed by atoms with Gasteiger partial charge in [-0.2, -0.15) is 0 Å². The molecule has 0 unspecified atom stereocenters. The van der Waals surface area contributed by atoms with Gasteiger partial charge in [-0.1, -0.05) is 39.8 Å². The lowest BCUT2D eigenvalue weighted by atomic mass is 10.1. The van der Waals surface area contributed by atoms with Gasteiger partial charge in [0.15, 0.2) is 5.16 Å². The zero-order valence-electron chi connectivity index (χ0n) is 17.4. The van der Waals surface area contributed by atoms with Crippen LogP contribution in [0.15, 0.2) is 56.6 Å². The van der Waals surface area contributed by atoms with Crippen LogP contribution in [-0.2, 0) is 24.2 Å². The second-order valence-corrected chi connectivity index (χ2v) is 9.52. The van der Waals surface area contributed by atoms with Crippen LogP contribution in [0.3, 0.4) is 0 Å². The highest BCUT2D eigenvalue weighted by molar-refractivity contribution is 9.11. The standard InChI is InChI=1S/C22H24Br2N4O2S/c1-3-28-20(6-4-5-15-7-10-17(30-2)11-8-15)26-27-22(28)31-14-21(29)25-19-13-16(23)9-12-18(19)24/h7-13H,3-6,14H2,1-2H3,(H,25,29). The molecule has 0 radical (unpaired) electrons. The Morgan fingerprint density at radius 1 is 1.13 bits per heavy atom. The van der Waals surface area contributed by atoms with Gasteiger partial charge in [-0.25, -0.2) is 0 Å². The molecule has 3 aromatic rings. The first-order valence-corrected chi connectivity index (χ1v) is 12.5. The number of hydrogen-bond acceptors (Lipinski definition) is 5. The van der Waals surface area contributed by atoms with Crippen molar-refractivity contribution in [2.75, 3.05) is 18.2 Å². The van der Waals surface area contributed by atoms with Crippen molar-refractivity contribution in [3.63, 3.8) is 0 Å². The van der Waals surface area contributed by atoms with Gasteiger partial charge in [0.05, 0.1) is 18.6 Å². The van der Waals surface area contributed by atoms with Crippen LogP contribution < -0.4 is 10.1 Å². The van der Waals surface area contributed by atoms with E-state index in [-0.39, 0.29) is 11.7 Å². The van der Waals surface area contributed by atoms with Gasteiger partial charge in [0, 0.05) is 21.9 Å². The van der Waals surface area contributed by atoms with Crippen molar-refractivity contribution >= 4 is 55.2 Å². The Labute approximate surface area is 203 Å². The van der Waals surface area contributed by atoms with Crippen LogP contribution in [0.25, 0.3) is 0 Å². The average Bonchev–Trinajstić information content (AvgIpc) is 3.17. The number of amides is 1. The van der Waals surface area contributed by atoms with Crippen LogP contribution in [0.1, 0.15) is 24.7 Å². The number of aromatic nitrogens is 3. The summed E-state index contributed by atoms with van der Waals surface area (Å²) in [6, 6.07) is 13.8. The van der Waals surface area contributed by atoms with Crippen LogP contribution >= 0.6 is 43.6 Å². The Hall–Kier alpha value is -1.84. The van der Waals surface area contributed by atoms with E-state index in [4.69, 9.17) is 4.74 Å². The molecule has 164 valence electrons. The molecule has 2 aromatic carbocycles. The van der Waals surface area contributed by atoms with Crippen molar-refractivity contribution in [1.29, 1.82) is 0 Å². The van der Waals surface area contributed by atoms with Crippen molar-refractivity contribution in [1.82, 2.24) is 14.8 Å². The van der Waals surface area contributed by atoms with Crippen LogP contribution in [-0.4, -0.2) is 33.5 Å². The fraction of sp³-hybridized carbons (Fsp3) is 0.318. The molecule has 1 heterocycles. The van der Waals surface area contributed by atoms with E-state index in [1.54, 1.807) is 7.11 Å². The molecule has 0 spiro atoms. The third-order valence-electron chi connectivity index (χ3n) is 4.67. The first kappa shape index (κ1) is 23.8. The molecule has 31 heavy (non-hydrogen) atoms. The zero-order valence-corrected chi connectivity index (χ0v) is 21.4. The lowest BCUT2D eigenvalue weighted by Gasteiger charge is -2.09. The minimum atomic E-state index is -0.0875. The smallest absolute Gasteiger partial charge is 0.234 e. The van der Waals surface area contributed by atoms with Crippen LogP contribution in [0.5, 0.6) is 5.75 Å². The summed E-state index contributed by atoms with van der Waals surface area (Å²) in [7, 11) is 1.67. The summed E-state index contributed by atoms with van der Waals surface area (Å²) >= 11 is 8.28. The van der Waals surface area contributed by atoms with Crippen LogP contribution in [0.4, 0.5) is 5.69 Å². The first-order chi connectivity index (χ1) is 15.0. The second kappa shape index (κ2) is 11.7. The van der Waals surface area contributed by atoms with E-state index in [1.165, 1.54) is 17.3 Å². The highest BCUT2D eigenvalue weighted by Gasteiger charge is 2.14. The van der Waals surface area contributed by atoms with Crippen LogP contribution in [0.2, 0.25) is 0 Å². The number of benzene rings is 2. The molecule has 1 N–H and O–H groups in total. The topological polar surface area (TPSA) is 69.0 Å². The molecule has 1 amide bonds. The van der Waals surface area contributed by atoms with Gasteiger partial charge in [0.25, 0.3) is 0 Å². The molecule has 0 saturated heterocycles. The number of thioether (sulfide) groups is 1. The van der Waals surface area contributed by atoms with E-state index in [2.05, 4.69) is 71.0 Å². The maximum atomic E-state index is 12.4. The minimum Gasteiger partial charge on any atom is -0.497 e. The molecule has 3 rings (SSSR count). The number of carbonyl (C=O) groups excluding carboxylic acids is 1. The van der Waals surface area contributed by atoms with E-state index in [1.807, 2.05) is 30.3 Å². The summed E-state index contributed by atoms with van der Waals surface area (Å²) in [6.45, 7) is 2.84. The lowest BCUT2D eigenvalue weighted by molar-refractivity contribution is -0.113. The van der Waals surface area contributed by atoms with Gasteiger partial charge in [0.1, 0.15) is 11.6 Å². The van der Waals surface area contributed by atoms with Crippen LogP contribution in [0, 0.1) is 0 Å². The number of anilines is 1. The van der Waals surface area contributed by atoms with Gasteiger partial charge in [-0.3, -0.25) is 4.79 Å². The molecule has 0 bridgehead atoms. The number of nitrogens with one attached hydrogen (secondary N) is 1. The third-order valence-corrected chi connectivity index (χ3v) is 6.82. The Kier molecular flexibility index (Phi) is 8.98. The molecular formula is C22H24Br2N4O2S. The predicted molar refractivity (Wildman–Crippen MR) is 132 cm³/mol. The number of ether oxygens (including phenoxy) is 1. The Morgan fingerprint density at radius 3 is 2.61 bits per heavy atom. The van der Waals surface area contributed by atoms with Gasteiger partial charge >= 0.3 is 0 Å². The number of carbonyl (C=O) groups is 1. The molecule has 0 aliphatic rings. The number of hydrogen-bond donors (Lipinski definition) is 1. The Balaban J connectivity index is 1.52.